The number of alkyl halides is 14. The lowest BCUT2D eigenvalue weighted by atomic mass is 10.0. The second kappa shape index (κ2) is 10.2. The molecule has 0 aromatic carbocycles. The first-order chi connectivity index (χ1) is 13.7. The number of hydrogen-bond donors (Lipinski definition) is 0. The van der Waals surface area contributed by atoms with Crippen LogP contribution in [-0.2, 0) is 19.3 Å². The Bertz CT molecular complexity index is 596. The maximum atomic E-state index is 13.1. The van der Waals surface area contributed by atoms with Crippen molar-refractivity contribution in [2.75, 3.05) is 13.2 Å². The first-order valence-corrected chi connectivity index (χ1v) is 7.34. The average molecular weight is 496 g/mol. The van der Waals surface area contributed by atoms with Gasteiger partial charge in [-0.1, -0.05) is 0 Å². The summed E-state index contributed by atoms with van der Waals surface area (Å²) < 4.78 is 177. The number of carbonyl (C=O) groups is 1. The third kappa shape index (κ3) is 7.97. The maximum Gasteiger partial charge on any atom is 0.426 e. The summed E-state index contributed by atoms with van der Waals surface area (Å²) >= 11 is 0. The first kappa shape index (κ1) is 29.1. The molecule has 0 amide bonds. The van der Waals surface area contributed by atoms with Crippen molar-refractivity contribution in [1.82, 2.24) is 0 Å². The number of halogens is 14. The molecule has 0 saturated heterocycles. The predicted octanol–water partition coefficient (Wildman–Crippen LogP) is 5.09. The largest absolute Gasteiger partial charge is 0.462 e. The lowest BCUT2D eigenvalue weighted by molar-refractivity contribution is -0.429. The highest BCUT2D eigenvalue weighted by atomic mass is 19.4. The van der Waals surface area contributed by atoms with Crippen molar-refractivity contribution >= 4 is 5.97 Å². The summed E-state index contributed by atoms with van der Waals surface area (Å²) in [5.41, 5.74) is 0. The Morgan fingerprint density at radius 1 is 0.839 bits per heavy atom. The van der Waals surface area contributed by atoms with Crippen molar-refractivity contribution in [1.29, 1.82) is 0 Å². The van der Waals surface area contributed by atoms with Crippen LogP contribution >= 0.6 is 0 Å². The van der Waals surface area contributed by atoms with E-state index in [1.807, 2.05) is 0 Å². The zero-order valence-corrected chi connectivity index (χ0v) is 14.4. The molecule has 0 heterocycles. The highest BCUT2D eigenvalue weighted by molar-refractivity contribution is 5.81. The van der Waals surface area contributed by atoms with E-state index < -0.39 is 68.3 Å². The molecule has 31 heavy (non-hydrogen) atoms. The Morgan fingerprint density at radius 2 is 1.32 bits per heavy atom. The molecule has 0 saturated carbocycles. The molecule has 0 rings (SSSR count). The van der Waals surface area contributed by atoms with Crippen molar-refractivity contribution in [2.45, 2.75) is 49.1 Å². The first-order valence-electron chi connectivity index (χ1n) is 7.34. The molecule has 0 bridgehead atoms. The lowest BCUT2D eigenvalue weighted by Crippen LogP contribution is -2.57. The molecule has 0 aliphatic rings. The smallest absolute Gasteiger partial charge is 0.426 e. The summed E-state index contributed by atoms with van der Waals surface area (Å²) in [6.07, 6.45) is -23.1. The van der Waals surface area contributed by atoms with E-state index in [4.69, 9.17) is 0 Å². The van der Waals surface area contributed by atoms with Gasteiger partial charge in [0.25, 0.3) is 6.10 Å². The highest BCUT2D eigenvalue weighted by Gasteiger charge is 2.74. The lowest BCUT2D eigenvalue weighted by Gasteiger charge is -2.32. The van der Waals surface area contributed by atoms with Gasteiger partial charge in [0.05, 0.1) is 13.0 Å². The molecule has 0 aliphatic carbocycles. The van der Waals surface area contributed by atoms with Gasteiger partial charge in [0.15, 0.2) is 0 Å². The van der Waals surface area contributed by atoms with E-state index in [1.165, 1.54) is 0 Å². The van der Waals surface area contributed by atoms with E-state index in [9.17, 15) is 66.3 Å². The van der Waals surface area contributed by atoms with Gasteiger partial charge in [-0.2, -0.15) is 52.7 Å². The molecule has 4 nitrogen and oxygen atoms in total. The zero-order chi connectivity index (χ0) is 24.9. The van der Waals surface area contributed by atoms with Crippen LogP contribution in [0.15, 0.2) is 12.2 Å². The van der Waals surface area contributed by atoms with Crippen LogP contribution in [0.5, 0.6) is 0 Å². The molecular weight excluding hydrogens is 486 g/mol. The molecular formula is C13H10F14O4. The van der Waals surface area contributed by atoms with Crippen LogP contribution in [0.4, 0.5) is 61.5 Å². The van der Waals surface area contributed by atoms with Crippen molar-refractivity contribution in [3.8, 4) is 0 Å². The molecule has 0 N–H and O–H groups in total. The van der Waals surface area contributed by atoms with Gasteiger partial charge in [-0.3, -0.25) is 0 Å². The maximum absolute atomic E-state index is 13.1. The summed E-state index contributed by atoms with van der Waals surface area (Å²) in [7, 11) is 0. The number of esters is 1. The quantitative estimate of drug-likeness (QED) is 0.0999. The fraction of sp³-hybridized carbons (Fsp3) is 0.769. The minimum Gasteiger partial charge on any atom is -0.462 e. The van der Waals surface area contributed by atoms with Crippen LogP contribution in [-0.4, -0.2) is 61.8 Å². The standard InChI is InChI=1S/C13H10F14O4/c14-8(15)10(18,19)13(26,27)9(16,17)3-5-29-6(28)2-1-4-30-31-7(11(20,21)22)12(23,24)25/h1-2,7-8H,3-5H2/b2-1+. The van der Waals surface area contributed by atoms with Gasteiger partial charge in [0.1, 0.15) is 6.61 Å². The van der Waals surface area contributed by atoms with E-state index in [1.54, 1.807) is 0 Å². The van der Waals surface area contributed by atoms with Gasteiger partial charge in [-0.15, -0.1) is 0 Å². The highest BCUT2D eigenvalue weighted by Crippen LogP contribution is 2.49. The third-order valence-corrected chi connectivity index (χ3v) is 2.99. The summed E-state index contributed by atoms with van der Waals surface area (Å²) in [5, 5.41) is 0. The van der Waals surface area contributed by atoms with Crippen LogP contribution in [0.3, 0.4) is 0 Å². The molecule has 0 aliphatic heterocycles. The SMILES string of the molecule is O=C(/C=C/COOC(C(F)(F)F)C(F)(F)F)OCCC(F)(F)C(F)(F)C(F)(F)C(F)F. The Balaban J connectivity index is 4.60. The molecule has 0 aromatic rings. The minimum absolute atomic E-state index is 0.156. The molecule has 0 radical (unpaired) electrons. The summed E-state index contributed by atoms with van der Waals surface area (Å²) in [6, 6.07) is 0. The summed E-state index contributed by atoms with van der Waals surface area (Å²) in [4.78, 5) is 17.7. The Hall–Kier alpha value is -1.85. The molecule has 0 aromatic heterocycles. The molecule has 0 spiro atoms. The Kier molecular flexibility index (Phi) is 9.57. The fourth-order valence-corrected chi connectivity index (χ4v) is 1.45. The monoisotopic (exact) mass is 496 g/mol. The molecule has 184 valence electrons. The van der Waals surface area contributed by atoms with E-state index in [0.717, 1.165) is 0 Å². The summed E-state index contributed by atoms with van der Waals surface area (Å²) in [5.74, 6) is -20.4. The molecule has 0 fully saturated rings. The van der Waals surface area contributed by atoms with Crippen molar-refractivity contribution in [3.63, 3.8) is 0 Å². The van der Waals surface area contributed by atoms with Gasteiger partial charge in [0.2, 0.25) is 0 Å². The fourth-order valence-electron chi connectivity index (χ4n) is 1.45. The van der Waals surface area contributed by atoms with Gasteiger partial charge in [-0.05, 0) is 6.08 Å². The van der Waals surface area contributed by atoms with Gasteiger partial charge in [-0.25, -0.2) is 23.4 Å². The van der Waals surface area contributed by atoms with Crippen LogP contribution in [0.25, 0.3) is 0 Å². The van der Waals surface area contributed by atoms with Crippen LogP contribution in [0, 0.1) is 0 Å². The second-order valence-electron chi connectivity index (χ2n) is 5.37. The topological polar surface area (TPSA) is 44.8 Å². The molecule has 0 atom stereocenters. The Morgan fingerprint density at radius 3 is 1.74 bits per heavy atom. The number of rotatable bonds is 11. The number of hydrogen-bond acceptors (Lipinski definition) is 4. The van der Waals surface area contributed by atoms with E-state index in [2.05, 4.69) is 14.5 Å². The predicted molar refractivity (Wildman–Crippen MR) is 68.5 cm³/mol. The number of ether oxygens (including phenoxy) is 1. The van der Waals surface area contributed by atoms with Crippen molar-refractivity contribution < 1.29 is 80.8 Å². The van der Waals surface area contributed by atoms with E-state index in [-0.39, 0.29) is 6.08 Å². The zero-order valence-electron chi connectivity index (χ0n) is 14.4. The second-order valence-corrected chi connectivity index (χ2v) is 5.37. The van der Waals surface area contributed by atoms with Crippen LogP contribution in [0.2, 0.25) is 0 Å². The molecule has 0 unspecified atom stereocenters. The van der Waals surface area contributed by atoms with Crippen molar-refractivity contribution in [3.05, 3.63) is 12.2 Å². The van der Waals surface area contributed by atoms with E-state index >= 15 is 0 Å². The van der Waals surface area contributed by atoms with E-state index in [0.29, 0.717) is 6.08 Å². The minimum atomic E-state index is -6.52. The molecule has 18 heteroatoms. The number of carbonyl (C=O) groups excluding carboxylic acids is 1. The van der Waals surface area contributed by atoms with Gasteiger partial charge < -0.3 is 4.74 Å². The summed E-state index contributed by atoms with van der Waals surface area (Å²) in [6.45, 7) is -2.95. The van der Waals surface area contributed by atoms with Crippen molar-refractivity contribution in [2.24, 2.45) is 0 Å². The normalized spacial score (nSPS) is 14.7. The van der Waals surface area contributed by atoms with Gasteiger partial charge in [0, 0.05) is 6.08 Å². The van der Waals surface area contributed by atoms with Crippen LogP contribution in [0.1, 0.15) is 6.42 Å². The third-order valence-electron chi connectivity index (χ3n) is 2.99. The van der Waals surface area contributed by atoms with Gasteiger partial charge >= 0.3 is 42.5 Å². The van der Waals surface area contributed by atoms with Crippen LogP contribution < -0.4 is 0 Å². The Labute approximate surface area is 162 Å². The average Bonchev–Trinajstić information content (AvgIpc) is 2.54.